The van der Waals surface area contributed by atoms with Gasteiger partial charge in [-0.2, -0.15) is 0 Å². The Balaban J connectivity index is 1.79. The predicted octanol–water partition coefficient (Wildman–Crippen LogP) is 3.01. The lowest BCUT2D eigenvalue weighted by atomic mass is 10.2. The lowest BCUT2D eigenvalue weighted by molar-refractivity contribution is 0.0439. The molecule has 0 spiro atoms. The number of rotatable bonds is 9. The molecule has 0 saturated heterocycles. The number of carbonyl (C=O) groups excluding carboxylic acids is 1. The zero-order valence-electron chi connectivity index (χ0n) is 17.4. The van der Waals surface area contributed by atoms with E-state index in [4.69, 9.17) is 25.9 Å². The minimum Gasteiger partial charge on any atom is -0.452 e. The van der Waals surface area contributed by atoms with Gasteiger partial charge in [0.25, 0.3) is 0 Å². The molecule has 0 amide bonds. The molecule has 0 radical (unpaired) electrons. The number of nitrogens with zero attached hydrogens (tertiary/aromatic N) is 2. The van der Waals surface area contributed by atoms with E-state index in [0.717, 1.165) is 9.87 Å². The molecular weight excluding hydrogens is 458 g/mol. The maximum Gasteiger partial charge on any atom is 0.340 e. The number of aromatic nitrogens is 1. The van der Waals surface area contributed by atoms with Gasteiger partial charge in [0.05, 0.1) is 23.3 Å². The fourth-order valence-electron chi connectivity index (χ4n) is 2.74. The van der Waals surface area contributed by atoms with Crippen LogP contribution in [0.15, 0.2) is 58.0 Å². The minimum atomic E-state index is -3.76. The topological polar surface area (TPSA) is 122 Å². The van der Waals surface area contributed by atoms with Crippen LogP contribution in [-0.2, 0) is 21.4 Å². The van der Waals surface area contributed by atoms with E-state index in [1.54, 1.807) is 24.3 Å². The summed E-state index contributed by atoms with van der Waals surface area (Å²) in [5.41, 5.74) is 1.10. The molecule has 0 saturated carbocycles. The third-order valence-corrected chi connectivity index (χ3v) is 6.49. The number of benzene rings is 2. The highest BCUT2D eigenvalue weighted by atomic mass is 35.5. The van der Waals surface area contributed by atoms with Gasteiger partial charge in [0, 0.05) is 36.9 Å². The number of nitrogens with one attached hydrogen (secondary N) is 1. The van der Waals surface area contributed by atoms with E-state index < -0.39 is 16.0 Å². The monoisotopic (exact) mass is 479 g/mol. The quantitative estimate of drug-likeness (QED) is 0.449. The molecule has 0 aliphatic heterocycles. The SMILES string of the molecule is CN(C)S(=O)(=O)c1ccc(NCCO)c(C(=O)OCc2ncc(-c3ccc(Cl)cc3)o2)c1. The van der Waals surface area contributed by atoms with Crippen LogP contribution in [-0.4, -0.2) is 56.0 Å². The second-order valence-electron chi connectivity index (χ2n) is 6.85. The first-order valence-corrected chi connectivity index (χ1v) is 11.3. The number of aliphatic hydroxyl groups is 1. The minimum absolute atomic E-state index is 0.00542. The van der Waals surface area contributed by atoms with E-state index in [0.29, 0.717) is 16.5 Å². The summed E-state index contributed by atoms with van der Waals surface area (Å²) in [5, 5.41) is 12.5. The molecule has 0 unspecified atom stereocenters. The average molecular weight is 480 g/mol. The summed E-state index contributed by atoms with van der Waals surface area (Å²) in [7, 11) is -0.970. The molecule has 1 heterocycles. The Hall–Kier alpha value is -2.92. The molecule has 3 rings (SSSR count). The summed E-state index contributed by atoms with van der Waals surface area (Å²) in [6, 6.07) is 11.0. The van der Waals surface area contributed by atoms with Crippen LogP contribution in [0.3, 0.4) is 0 Å². The van der Waals surface area contributed by atoms with Gasteiger partial charge in [0.1, 0.15) is 0 Å². The molecule has 0 fully saturated rings. The normalized spacial score (nSPS) is 11.5. The summed E-state index contributed by atoms with van der Waals surface area (Å²) >= 11 is 5.89. The van der Waals surface area contributed by atoms with E-state index in [1.807, 2.05) is 0 Å². The maximum absolute atomic E-state index is 12.7. The molecular formula is C21H22ClN3O6S. The standard InChI is InChI=1S/C21H22ClN3O6S/c1-25(2)32(28,29)16-7-8-18(23-9-10-26)17(11-16)21(27)30-13-20-24-12-19(31-20)14-3-5-15(22)6-4-14/h3-8,11-12,23,26H,9-10,13H2,1-2H3. The molecule has 0 aliphatic rings. The number of anilines is 1. The summed E-state index contributed by atoms with van der Waals surface area (Å²) in [4.78, 5) is 16.8. The van der Waals surface area contributed by atoms with Crippen LogP contribution in [0.1, 0.15) is 16.2 Å². The highest BCUT2D eigenvalue weighted by Gasteiger charge is 2.22. The van der Waals surface area contributed by atoms with Gasteiger partial charge in [-0.05, 0) is 42.5 Å². The van der Waals surface area contributed by atoms with Gasteiger partial charge in [-0.25, -0.2) is 22.5 Å². The zero-order valence-corrected chi connectivity index (χ0v) is 19.0. The van der Waals surface area contributed by atoms with Gasteiger partial charge in [-0.1, -0.05) is 11.6 Å². The highest BCUT2D eigenvalue weighted by molar-refractivity contribution is 7.89. The molecule has 9 nitrogen and oxygen atoms in total. The van der Waals surface area contributed by atoms with E-state index >= 15 is 0 Å². The van der Waals surface area contributed by atoms with Gasteiger partial charge in [-0.3, -0.25) is 0 Å². The smallest absolute Gasteiger partial charge is 0.340 e. The molecule has 170 valence electrons. The summed E-state index contributed by atoms with van der Waals surface area (Å²) in [6.07, 6.45) is 1.50. The van der Waals surface area contributed by atoms with Crippen molar-refractivity contribution in [2.75, 3.05) is 32.6 Å². The first-order chi connectivity index (χ1) is 15.2. The summed E-state index contributed by atoms with van der Waals surface area (Å²) in [6.45, 7) is -0.253. The van der Waals surface area contributed by atoms with Gasteiger partial charge in [0.15, 0.2) is 12.4 Å². The number of carbonyl (C=O) groups is 1. The second kappa shape index (κ2) is 10.1. The van der Waals surface area contributed by atoms with Crippen molar-refractivity contribution < 1.29 is 27.5 Å². The third kappa shape index (κ3) is 5.46. The van der Waals surface area contributed by atoms with Crippen LogP contribution in [0.2, 0.25) is 5.02 Å². The lowest BCUT2D eigenvalue weighted by Gasteiger charge is -2.15. The van der Waals surface area contributed by atoms with Crippen molar-refractivity contribution in [3.8, 4) is 11.3 Å². The number of halogens is 1. The van der Waals surface area contributed by atoms with Crippen molar-refractivity contribution in [1.29, 1.82) is 0 Å². The van der Waals surface area contributed by atoms with Crippen LogP contribution in [0, 0.1) is 0 Å². The molecule has 0 aliphatic carbocycles. The van der Waals surface area contributed by atoms with Crippen LogP contribution in [0.25, 0.3) is 11.3 Å². The number of hydrogen-bond donors (Lipinski definition) is 2. The van der Waals surface area contributed by atoms with Gasteiger partial charge in [0.2, 0.25) is 15.9 Å². The number of oxazole rings is 1. The Labute approximate surface area is 190 Å². The van der Waals surface area contributed by atoms with E-state index in [-0.39, 0.29) is 36.1 Å². The predicted molar refractivity (Wildman–Crippen MR) is 119 cm³/mol. The molecule has 2 aromatic carbocycles. The fraction of sp³-hybridized carbons (Fsp3) is 0.238. The van der Waals surface area contributed by atoms with Crippen LogP contribution >= 0.6 is 11.6 Å². The molecule has 32 heavy (non-hydrogen) atoms. The molecule has 11 heteroatoms. The van der Waals surface area contributed by atoms with Crippen LogP contribution < -0.4 is 5.32 Å². The zero-order chi connectivity index (χ0) is 23.3. The Kier molecular flexibility index (Phi) is 7.52. The van der Waals surface area contributed by atoms with E-state index in [1.165, 1.54) is 38.5 Å². The number of aliphatic hydroxyl groups excluding tert-OH is 1. The maximum atomic E-state index is 12.7. The van der Waals surface area contributed by atoms with Crippen molar-refractivity contribution in [3.63, 3.8) is 0 Å². The third-order valence-electron chi connectivity index (χ3n) is 4.43. The van der Waals surface area contributed by atoms with Gasteiger partial charge in [-0.15, -0.1) is 0 Å². The van der Waals surface area contributed by atoms with E-state index in [2.05, 4.69) is 10.3 Å². The number of sulfonamides is 1. The Morgan fingerprint density at radius 1 is 1.22 bits per heavy atom. The largest absolute Gasteiger partial charge is 0.452 e. The van der Waals surface area contributed by atoms with Gasteiger partial charge < -0.3 is 19.6 Å². The van der Waals surface area contributed by atoms with Crippen molar-refractivity contribution in [2.45, 2.75) is 11.5 Å². The van der Waals surface area contributed by atoms with Crippen molar-refractivity contribution in [3.05, 3.63) is 65.1 Å². The second-order valence-corrected chi connectivity index (χ2v) is 9.43. The number of hydrogen-bond acceptors (Lipinski definition) is 8. The highest BCUT2D eigenvalue weighted by Crippen LogP contribution is 2.25. The van der Waals surface area contributed by atoms with E-state index in [9.17, 15) is 13.2 Å². The van der Waals surface area contributed by atoms with Crippen molar-refractivity contribution >= 4 is 33.3 Å². The number of ether oxygens (including phenoxy) is 1. The Bertz CT molecular complexity index is 1190. The first kappa shape index (κ1) is 23.7. The fourth-order valence-corrected chi connectivity index (χ4v) is 3.79. The van der Waals surface area contributed by atoms with Gasteiger partial charge >= 0.3 is 5.97 Å². The van der Waals surface area contributed by atoms with Crippen LogP contribution in [0.5, 0.6) is 0 Å². The average Bonchev–Trinajstić information content (AvgIpc) is 3.25. The summed E-state index contributed by atoms with van der Waals surface area (Å²) < 4.78 is 36.9. The lowest BCUT2D eigenvalue weighted by Crippen LogP contribution is -2.23. The Morgan fingerprint density at radius 2 is 1.94 bits per heavy atom. The van der Waals surface area contributed by atoms with Crippen LogP contribution in [0.4, 0.5) is 5.69 Å². The molecule has 0 bridgehead atoms. The Morgan fingerprint density at radius 3 is 2.59 bits per heavy atom. The molecule has 3 aromatic rings. The number of esters is 1. The van der Waals surface area contributed by atoms with Crippen molar-refractivity contribution in [1.82, 2.24) is 9.29 Å². The molecule has 1 aromatic heterocycles. The van der Waals surface area contributed by atoms with Crippen molar-refractivity contribution in [2.24, 2.45) is 0 Å². The summed E-state index contributed by atoms with van der Waals surface area (Å²) in [5.74, 6) is -0.116. The first-order valence-electron chi connectivity index (χ1n) is 9.51. The molecule has 2 N–H and O–H groups in total. The molecule has 0 atom stereocenters.